The number of nitrogens with one attached hydrogen (secondary N) is 1. The van der Waals surface area contributed by atoms with Gasteiger partial charge in [0.2, 0.25) is 0 Å². The fourth-order valence-electron chi connectivity index (χ4n) is 5.53. The third kappa shape index (κ3) is 6.02. The van der Waals surface area contributed by atoms with E-state index in [1.165, 1.54) is 72.9 Å². The summed E-state index contributed by atoms with van der Waals surface area (Å²) in [6, 6.07) is 9.27. The van der Waals surface area contributed by atoms with Gasteiger partial charge in [0.25, 0.3) is 5.91 Å². The first kappa shape index (κ1) is 26.0. The van der Waals surface area contributed by atoms with Crippen molar-refractivity contribution >= 4 is 5.91 Å². The lowest BCUT2D eigenvalue weighted by Crippen LogP contribution is -2.38. The van der Waals surface area contributed by atoms with Crippen molar-refractivity contribution in [2.24, 2.45) is 13.0 Å². The van der Waals surface area contributed by atoms with Crippen LogP contribution in [0, 0.1) is 5.92 Å². The standard InChI is InChI=1S/C31H46N2O2/c1-29(2,3)24-16-23(17-25(19-24)31(6)13-14-31)27-22(15-21-11-9-8-10-12-21)18-26(33(27)7)28(34)32-20-30(4,5)35/h16-19,21,35H,8-15,20H2,1-7H3,(H,32,34). The van der Waals surface area contributed by atoms with E-state index < -0.39 is 5.60 Å². The number of aromatic nitrogens is 1. The Morgan fingerprint density at radius 2 is 1.71 bits per heavy atom. The van der Waals surface area contributed by atoms with Gasteiger partial charge in [-0.3, -0.25) is 4.79 Å². The summed E-state index contributed by atoms with van der Waals surface area (Å²) < 4.78 is 2.10. The first-order valence-corrected chi connectivity index (χ1v) is 13.6. The summed E-state index contributed by atoms with van der Waals surface area (Å²) in [5.41, 5.74) is 6.55. The number of amides is 1. The summed E-state index contributed by atoms with van der Waals surface area (Å²) in [5, 5.41) is 13.1. The zero-order valence-corrected chi connectivity index (χ0v) is 23.1. The first-order valence-electron chi connectivity index (χ1n) is 13.6. The summed E-state index contributed by atoms with van der Waals surface area (Å²) in [7, 11) is 2.03. The third-order valence-corrected chi connectivity index (χ3v) is 8.23. The van der Waals surface area contributed by atoms with Crippen LogP contribution in [0.15, 0.2) is 24.3 Å². The summed E-state index contributed by atoms with van der Waals surface area (Å²) >= 11 is 0. The van der Waals surface area contributed by atoms with Crippen molar-refractivity contribution in [3.63, 3.8) is 0 Å². The molecule has 2 saturated carbocycles. The Morgan fingerprint density at radius 3 is 2.29 bits per heavy atom. The summed E-state index contributed by atoms with van der Waals surface area (Å²) in [6.07, 6.45) is 10.0. The van der Waals surface area contributed by atoms with Crippen molar-refractivity contribution in [3.05, 3.63) is 46.6 Å². The molecule has 35 heavy (non-hydrogen) atoms. The first-order chi connectivity index (χ1) is 16.3. The van der Waals surface area contributed by atoms with Crippen molar-refractivity contribution < 1.29 is 9.90 Å². The molecule has 0 bridgehead atoms. The zero-order chi connectivity index (χ0) is 25.6. The monoisotopic (exact) mass is 478 g/mol. The van der Waals surface area contributed by atoms with Gasteiger partial charge in [-0.15, -0.1) is 0 Å². The second kappa shape index (κ2) is 9.42. The van der Waals surface area contributed by atoms with Crippen LogP contribution in [-0.4, -0.2) is 27.7 Å². The van der Waals surface area contributed by atoms with Crippen LogP contribution in [0.3, 0.4) is 0 Å². The second-order valence-corrected chi connectivity index (χ2v) is 13.3. The van der Waals surface area contributed by atoms with E-state index in [2.05, 4.69) is 61.8 Å². The quantitative estimate of drug-likeness (QED) is 0.467. The Hall–Kier alpha value is -2.07. The fraction of sp³-hybridized carbons (Fsp3) is 0.645. The molecule has 0 saturated heterocycles. The van der Waals surface area contributed by atoms with Gasteiger partial charge in [0.15, 0.2) is 0 Å². The van der Waals surface area contributed by atoms with E-state index in [0.29, 0.717) is 11.6 Å². The number of rotatable bonds is 7. The van der Waals surface area contributed by atoms with Gasteiger partial charge in [0.05, 0.1) is 11.3 Å². The largest absolute Gasteiger partial charge is 0.389 e. The van der Waals surface area contributed by atoms with Crippen LogP contribution in [0.1, 0.15) is 114 Å². The lowest BCUT2D eigenvalue weighted by Gasteiger charge is -2.25. The molecular formula is C31H46N2O2. The molecule has 2 aliphatic carbocycles. The number of carbonyl (C=O) groups is 1. The van der Waals surface area contributed by atoms with Crippen molar-refractivity contribution in [2.75, 3.05) is 6.54 Å². The number of carbonyl (C=O) groups excluding carboxylic acids is 1. The summed E-state index contributed by atoms with van der Waals surface area (Å²) in [5.74, 6) is 0.565. The smallest absolute Gasteiger partial charge is 0.268 e. The Morgan fingerprint density at radius 1 is 1.06 bits per heavy atom. The fourth-order valence-corrected chi connectivity index (χ4v) is 5.53. The minimum absolute atomic E-state index is 0.0532. The molecule has 1 aromatic carbocycles. The molecule has 0 unspecified atom stereocenters. The van der Waals surface area contributed by atoms with Crippen LogP contribution in [0.25, 0.3) is 11.3 Å². The molecule has 2 aliphatic rings. The van der Waals surface area contributed by atoms with Gasteiger partial charge in [0, 0.05) is 13.6 Å². The molecule has 1 amide bonds. The minimum Gasteiger partial charge on any atom is -0.389 e. The Labute approximate surface area is 212 Å². The van der Waals surface area contributed by atoms with E-state index >= 15 is 0 Å². The van der Waals surface area contributed by atoms with Gasteiger partial charge in [0.1, 0.15) is 5.69 Å². The molecule has 0 spiro atoms. The normalized spacial score (nSPS) is 18.5. The Balaban J connectivity index is 1.80. The van der Waals surface area contributed by atoms with Crippen LogP contribution in [-0.2, 0) is 24.3 Å². The third-order valence-electron chi connectivity index (χ3n) is 8.23. The van der Waals surface area contributed by atoms with Crippen LogP contribution in [0.2, 0.25) is 0 Å². The van der Waals surface area contributed by atoms with Gasteiger partial charge >= 0.3 is 0 Å². The van der Waals surface area contributed by atoms with Crippen molar-refractivity contribution in [1.29, 1.82) is 0 Å². The predicted octanol–water partition coefficient (Wildman–Crippen LogP) is 6.66. The van der Waals surface area contributed by atoms with Crippen molar-refractivity contribution in [2.45, 2.75) is 109 Å². The molecule has 4 rings (SSSR count). The second-order valence-electron chi connectivity index (χ2n) is 13.3. The summed E-state index contributed by atoms with van der Waals surface area (Å²) in [4.78, 5) is 13.2. The predicted molar refractivity (Wildman–Crippen MR) is 145 cm³/mol. The molecule has 2 aromatic rings. The highest BCUT2D eigenvalue weighted by Gasteiger charge is 2.40. The lowest BCUT2D eigenvalue weighted by atomic mass is 9.81. The molecule has 1 heterocycles. The minimum atomic E-state index is -0.940. The lowest BCUT2D eigenvalue weighted by molar-refractivity contribution is 0.0690. The highest BCUT2D eigenvalue weighted by molar-refractivity contribution is 5.94. The number of hydrogen-bond acceptors (Lipinski definition) is 2. The van der Waals surface area contributed by atoms with Gasteiger partial charge < -0.3 is 15.0 Å². The molecule has 2 N–H and O–H groups in total. The number of hydrogen-bond donors (Lipinski definition) is 2. The average molecular weight is 479 g/mol. The maximum absolute atomic E-state index is 13.2. The molecule has 2 fully saturated rings. The van der Waals surface area contributed by atoms with Crippen LogP contribution >= 0.6 is 0 Å². The Bertz CT molecular complexity index is 1050. The SMILES string of the molecule is Cn1c(C(=O)NCC(C)(C)O)cc(CC2CCCCC2)c1-c1cc(C(C)(C)C)cc(C2(C)CC2)c1. The molecular weight excluding hydrogens is 432 g/mol. The maximum atomic E-state index is 13.2. The van der Waals surface area contributed by atoms with E-state index in [1.54, 1.807) is 13.8 Å². The molecule has 4 heteroatoms. The van der Waals surface area contributed by atoms with E-state index in [4.69, 9.17) is 0 Å². The summed E-state index contributed by atoms with van der Waals surface area (Å²) in [6.45, 7) is 12.9. The number of nitrogens with zero attached hydrogens (tertiary/aromatic N) is 1. The van der Waals surface area contributed by atoms with Crippen molar-refractivity contribution in [1.82, 2.24) is 9.88 Å². The molecule has 0 aliphatic heterocycles. The molecule has 0 radical (unpaired) electrons. The van der Waals surface area contributed by atoms with Gasteiger partial charge in [-0.25, -0.2) is 0 Å². The van der Waals surface area contributed by atoms with Crippen LogP contribution < -0.4 is 5.32 Å². The van der Waals surface area contributed by atoms with Gasteiger partial charge in [-0.1, -0.05) is 65.9 Å². The highest BCUT2D eigenvalue weighted by Crippen LogP contribution is 2.49. The van der Waals surface area contributed by atoms with Gasteiger partial charge in [-0.05, 0) is 90.3 Å². The maximum Gasteiger partial charge on any atom is 0.268 e. The van der Waals surface area contributed by atoms with Crippen LogP contribution in [0.5, 0.6) is 0 Å². The van der Waals surface area contributed by atoms with Crippen LogP contribution in [0.4, 0.5) is 0 Å². The topological polar surface area (TPSA) is 54.3 Å². The molecule has 1 aromatic heterocycles. The van der Waals surface area contributed by atoms with E-state index in [1.807, 2.05) is 7.05 Å². The highest BCUT2D eigenvalue weighted by atomic mass is 16.3. The van der Waals surface area contributed by atoms with E-state index in [9.17, 15) is 9.90 Å². The average Bonchev–Trinajstić information content (AvgIpc) is 3.45. The molecule has 4 nitrogen and oxygen atoms in total. The number of benzene rings is 1. The molecule has 192 valence electrons. The number of aliphatic hydroxyl groups is 1. The van der Waals surface area contributed by atoms with E-state index in [0.717, 1.165) is 6.42 Å². The van der Waals surface area contributed by atoms with Gasteiger partial charge in [-0.2, -0.15) is 0 Å². The Kier molecular flexibility index (Phi) is 7.00. The van der Waals surface area contributed by atoms with E-state index in [-0.39, 0.29) is 23.3 Å². The zero-order valence-electron chi connectivity index (χ0n) is 23.1. The molecule has 0 atom stereocenters. The van der Waals surface area contributed by atoms with Crippen molar-refractivity contribution in [3.8, 4) is 11.3 Å².